The first-order chi connectivity index (χ1) is 7.70. The lowest BCUT2D eigenvalue weighted by Gasteiger charge is -2.30. The van der Waals surface area contributed by atoms with Crippen LogP contribution in [0.15, 0.2) is 0 Å². The summed E-state index contributed by atoms with van der Waals surface area (Å²) in [5.74, 6) is -0.877. The van der Waals surface area contributed by atoms with E-state index >= 15 is 0 Å². The zero-order valence-electron chi connectivity index (χ0n) is 10.9. The molecule has 1 N–H and O–H groups in total. The third-order valence-corrected chi connectivity index (χ3v) is 2.80. The van der Waals surface area contributed by atoms with Gasteiger partial charge in [0.05, 0.1) is 6.42 Å². The number of hydrogen-bond acceptors (Lipinski definition) is 3. The summed E-state index contributed by atoms with van der Waals surface area (Å²) in [4.78, 5) is 24.3. The van der Waals surface area contributed by atoms with Crippen molar-refractivity contribution in [3.05, 3.63) is 0 Å². The van der Waals surface area contributed by atoms with E-state index in [1.807, 2.05) is 6.92 Å². The van der Waals surface area contributed by atoms with E-state index in [1.54, 1.807) is 25.7 Å². The lowest BCUT2D eigenvalue weighted by atomic mass is 10.1. The van der Waals surface area contributed by atoms with Crippen molar-refractivity contribution in [1.82, 2.24) is 4.90 Å². The zero-order chi connectivity index (χ0) is 13.2. The number of aliphatic carboxylic acids is 1. The fourth-order valence-corrected chi connectivity index (χ4v) is 2.12. The Morgan fingerprint density at radius 1 is 1.35 bits per heavy atom. The molecule has 98 valence electrons. The predicted molar refractivity (Wildman–Crippen MR) is 62.8 cm³/mol. The highest BCUT2D eigenvalue weighted by Gasteiger charge is 2.37. The van der Waals surface area contributed by atoms with Crippen molar-refractivity contribution in [3.63, 3.8) is 0 Å². The molecule has 2 atom stereocenters. The number of hydrogen-bond donors (Lipinski definition) is 1. The zero-order valence-corrected chi connectivity index (χ0v) is 10.9. The molecular formula is C12H21NO4. The molecule has 1 aliphatic rings. The van der Waals surface area contributed by atoms with Crippen molar-refractivity contribution in [3.8, 4) is 0 Å². The van der Waals surface area contributed by atoms with Gasteiger partial charge in [0, 0.05) is 12.1 Å². The van der Waals surface area contributed by atoms with Gasteiger partial charge in [-0.1, -0.05) is 0 Å². The van der Waals surface area contributed by atoms with E-state index in [4.69, 9.17) is 9.84 Å². The van der Waals surface area contributed by atoms with Crippen molar-refractivity contribution in [2.45, 2.75) is 64.6 Å². The molecule has 5 nitrogen and oxygen atoms in total. The molecule has 0 saturated carbocycles. The predicted octanol–water partition coefficient (Wildman–Crippen LogP) is 2.25. The summed E-state index contributed by atoms with van der Waals surface area (Å²) in [6.07, 6.45) is 1.14. The van der Waals surface area contributed by atoms with Gasteiger partial charge in [0.1, 0.15) is 5.60 Å². The van der Waals surface area contributed by atoms with Crippen LogP contribution in [-0.2, 0) is 9.53 Å². The van der Waals surface area contributed by atoms with E-state index < -0.39 is 17.7 Å². The van der Waals surface area contributed by atoms with Gasteiger partial charge in [-0.15, -0.1) is 0 Å². The summed E-state index contributed by atoms with van der Waals surface area (Å²) in [5.41, 5.74) is -0.548. The highest BCUT2D eigenvalue weighted by molar-refractivity contribution is 5.72. The second-order valence-electron chi connectivity index (χ2n) is 5.57. The van der Waals surface area contributed by atoms with E-state index in [1.165, 1.54) is 0 Å². The monoisotopic (exact) mass is 243 g/mol. The molecule has 0 radical (unpaired) electrons. The van der Waals surface area contributed by atoms with Gasteiger partial charge in [0.25, 0.3) is 0 Å². The maximum absolute atomic E-state index is 12.0. The standard InChI is InChI=1S/C12H21NO4/c1-8-5-6-9(7-10(14)15)13(8)11(16)17-12(2,3)4/h8-9H,5-7H2,1-4H3,(H,14,15). The first-order valence-corrected chi connectivity index (χ1v) is 5.94. The highest BCUT2D eigenvalue weighted by Crippen LogP contribution is 2.28. The molecule has 17 heavy (non-hydrogen) atoms. The molecule has 0 aliphatic carbocycles. The van der Waals surface area contributed by atoms with E-state index in [-0.39, 0.29) is 18.5 Å². The van der Waals surface area contributed by atoms with E-state index in [0.29, 0.717) is 0 Å². The quantitative estimate of drug-likeness (QED) is 0.807. The average molecular weight is 243 g/mol. The van der Waals surface area contributed by atoms with E-state index in [0.717, 1.165) is 12.8 Å². The van der Waals surface area contributed by atoms with Gasteiger partial charge in [-0.3, -0.25) is 4.79 Å². The molecule has 1 fully saturated rings. The summed E-state index contributed by atoms with van der Waals surface area (Å²) >= 11 is 0. The molecule has 0 aromatic heterocycles. The number of nitrogens with zero attached hydrogens (tertiary/aromatic N) is 1. The maximum atomic E-state index is 12.0. The number of likely N-dealkylation sites (tertiary alicyclic amines) is 1. The number of carbonyl (C=O) groups is 2. The smallest absolute Gasteiger partial charge is 0.410 e. The Hall–Kier alpha value is -1.26. The highest BCUT2D eigenvalue weighted by atomic mass is 16.6. The van der Waals surface area contributed by atoms with Crippen molar-refractivity contribution in [1.29, 1.82) is 0 Å². The Morgan fingerprint density at radius 2 is 1.94 bits per heavy atom. The van der Waals surface area contributed by atoms with Crippen LogP contribution in [0.1, 0.15) is 47.0 Å². The van der Waals surface area contributed by atoms with Crippen molar-refractivity contribution in [2.24, 2.45) is 0 Å². The molecule has 0 bridgehead atoms. The van der Waals surface area contributed by atoms with Crippen molar-refractivity contribution >= 4 is 12.1 Å². The third kappa shape index (κ3) is 3.91. The fraction of sp³-hybridized carbons (Fsp3) is 0.833. The molecule has 1 heterocycles. The normalized spacial score (nSPS) is 24.8. The van der Waals surface area contributed by atoms with Gasteiger partial charge >= 0.3 is 12.1 Å². The van der Waals surface area contributed by atoms with Crippen LogP contribution >= 0.6 is 0 Å². The van der Waals surface area contributed by atoms with Crippen LogP contribution in [0, 0.1) is 0 Å². The largest absolute Gasteiger partial charge is 0.481 e. The van der Waals surface area contributed by atoms with Crippen molar-refractivity contribution < 1.29 is 19.4 Å². The molecule has 1 rings (SSSR count). The van der Waals surface area contributed by atoms with E-state index in [9.17, 15) is 9.59 Å². The summed E-state index contributed by atoms with van der Waals surface area (Å²) in [5, 5.41) is 8.81. The van der Waals surface area contributed by atoms with E-state index in [2.05, 4.69) is 0 Å². The van der Waals surface area contributed by atoms with Crippen LogP contribution in [0.3, 0.4) is 0 Å². The number of ether oxygens (including phenoxy) is 1. The lowest BCUT2D eigenvalue weighted by Crippen LogP contribution is -2.43. The molecule has 1 amide bonds. The number of carboxylic acids is 1. The number of carboxylic acid groups (broad SMARTS) is 1. The van der Waals surface area contributed by atoms with Crippen LogP contribution < -0.4 is 0 Å². The maximum Gasteiger partial charge on any atom is 0.410 e. The molecule has 1 aliphatic heterocycles. The number of rotatable bonds is 2. The molecule has 0 aromatic carbocycles. The topological polar surface area (TPSA) is 66.8 Å². The lowest BCUT2D eigenvalue weighted by molar-refractivity contribution is -0.138. The molecule has 2 unspecified atom stereocenters. The Bertz CT molecular complexity index is 308. The Labute approximate surface area is 102 Å². The Morgan fingerprint density at radius 3 is 2.41 bits per heavy atom. The minimum absolute atomic E-state index is 0.0103. The van der Waals surface area contributed by atoms with Gasteiger partial charge in [-0.2, -0.15) is 0 Å². The first kappa shape index (κ1) is 13.8. The summed E-state index contributed by atoms with van der Waals surface area (Å²) in [6, 6.07) is -0.188. The molecule has 0 spiro atoms. The molecule has 5 heteroatoms. The summed E-state index contributed by atoms with van der Waals surface area (Å²) < 4.78 is 5.30. The first-order valence-electron chi connectivity index (χ1n) is 5.94. The van der Waals surface area contributed by atoms with Gasteiger partial charge in [0.15, 0.2) is 0 Å². The minimum atomic E-state index is -0.877. The average Bonchev–Trinajstić information content (AvgIpc) is 2.42. The van der Waals surface area contributed by atoms with Crippen LogP contribution in [0.2, 0.25) is 0 Å². The van der Waals surface area contributed by atoms with Crippen LogP contribution in [0.25, 0.3) is 0 Å². The third-order valence-electron chi connectivity index (χ3n) is 2.80. The Kier molecular flexibility index (Phi) is 4.01. The van der Waals surface area contributed by atoms with Crippen molar-refractivity contribution in [2.75, 3.05) is 0 Å². The summed E-state index contributed by atoms with van der Waals surface area (Å²) in [7, 11) is 0. The van der Waals surface area contributed by atoms with Gasteiger partial charge in [-0.05, 0) is 40.5 Å². The fourth-order valence-electron chi connectivity index (χ4n) is 2.12. The minimum Gasteiger partial charge on any atom is -0.481 e. The second-order valence-corrected chi connectivity index (χ2v) is 5.57. The van der Waals surface area contributed by atoms with Gasteiger partial charge < -0.3 is 14.7 Å². The number of amides is 1. The van der Waals surface area contributed by atoms with Crippen LogP contribution in [0.4, 0.5) is 4.79 Å². The van der Waals surface area contributed by atoms with Gasteiger partial charge in [0.2, 0.25) is 0 Å². The second kappa shape index (κ2) is 4.94. The van der Waals surface area contributed by atoms with Crippen LogP contribution in [0.5, 0.6) is 0 Å². The summed E-state index contributed by atoms with van der Waals surface area (Å²) in [6.45, 7) is 7.33. The Balaban J connectivity index is 2.70. The molecular weight excluding hydrogens is 222 g/mol. The van der Waals surface area contributed by atoms with Crippen LogP contribution in [-0.4, -0.2) is 39.8 Å². The molecule has 1 saturated heterocycles. The van der Waals surface area contributed by atoms with Gasteiger partial charge in [-0.25, -0.2) is 4.79 Å². The SMILES string of the molecule is CC1CCC(CC(=O)O)N1C(=O)OC(C)(C)C. The molecule has 0 aromatic rings. The number of carbonyl (C=O) groups excluding carboxylic acids is 1.